The first kappa shape index (κ1) is 18.6. The molecule has 4 rings (SSSR count). The Bertz CT molecular complexity index is 1040. The highest BCUT2D eigenvalue weighted by atomic mass is 32.1. The van der Waals surface area contributed by atoms with Gasteiger partial charge in [0.15, 0.2) is 0 Å². The summed E-state index contributed by atoms with van der Waals surface area (Å²) in [6, 6.07) is 8.19. The van der Waals surface area contributed by atoms with Gasteiger partial charge in [0.1, 0.15) is 0 Å². The minimum absolute atomic E-state index is 0.00749. The van der Waals surface area contributed by atoms with Crippen molar-refractivity contribution in [3.8, 4) is 11.3 Å². The first-order valence-corrected chi connectivity index (χ1v) is 10.1. The Kier molecular flexibility index (Phi) is 4.45. The second-order valence-corrected chi connectivity index (χ2v) is 9.02. The zero-order valence-electron chi connectivity index (χ0n) is 16.4. The average Bonchev–Trinajstić information content (AvgIpc) is 3.29. The van der Waals surface area contributed by atoms with E-state index in [0.29, 0.717) is 11.5 Å². The van der Waals surface area contributed by atoms with E-state index in [1.165, 1.54) is 16.9 Å². The molecule has 0 aliphatic carbocycles. The van der Waals surface area contributed by atoms with Crippen LogP contribution in [0, 0.1) is 12.8 Å². The topological polar surface area (TPSA) is 79.6 Å². The number of nitrogens with one attached hydrogen (secondary N) is 1. The molecule has 1 N–H and O–H groups in total. The number of likely N-dealkylation sites (tertiary alicyclic amines) is 1. The van der Waals surface area contributed by atoms with Crippen molar-refractivity contribution < 1.29 is 9.59 Å². The molecule has 1 atom stereocenters. The van der Waals surface area contributed by atoms with Crippen LogP contribution in [0.25, 0.3) is 16.2 Å². The highest BCUT2D eigenvalue weighted by Gasteiger charge is 2.39. The smallest absolute Gasteiger partial charge is 0.250 e. The van der Waals surface area contributed by atoms with Crippen molar-refractivity contribution in [1.29, 1.82) is 0 Å². The molecule has 8 heteroatoms. The molecule has 1 unspecified atom stereocenters. The SMILES string of the molecule is Cc1ccc(-c2csc3nc(NC(=O)C4CC(=O)N(C(C)(C)C)C4)nn23)cc1. The number of carbonyl (C=O) groups excluding carboxylic acids is 2. The number of rotatable bonds is 3. The Balaban J connectivity index is 1.52. The van der Waals surface area contributed by atoms with E-state index in [-0.39, 0.29) is 35.6 Å². The van der Waals surface area contributed by atoms with Gasteiger partial charge in [0.05, 0.1) is 11.6 Å². The molecule has 7 nitrogen and oxygen atoms in total. The van der Waals surface area contributed by atoms with Gasteiger partial charge >= 0.3 is 0 Å². The fourth-order valence-corrected chi connectivity index (χ4v) is 4.23. The molecule has 1 saturated heterocycles. The van der Waals surface area contributed by atoms with Crippen LogP contribution in [-0.2, 0) is 9.59 Å². The second-order valence-electron chi connectivity index (χ2n) is 8.18. The molecule has 1 fully saturated rings. The van der Waals surface area contributed by atoms with Gasteiger partial charge in [-0.25, -0.2) is 4.52 Å². The summed E-state index contributed by atoms with van der Waals surface area (Å²) in [4.78, 5) is 31.8. The molecule has 3 aromatic rings. The molecular weight excluding hydrogens is 374 g/mol. The molecule has 28 heavy (non-hydrogen) atoms. The molecule has 2 aromatic heterocycles. The van der Waals surface area contributed by atoms with E-state index < -0.39 is 0 Å². The van der Waals surface area contributed by atoms with Crippen LogP contribution in [-0.4, -0.2) is 43.4 Å². The van der Waals surface area contributed by atoms with Crippen LogP contribution in [0.4, 0.5) is 5.95 Å². The van der Waals surface area contributed by atoms with Crippen LogP contribution >= 0.6 is 11.3 Å². The maximum atomic E-state index is 12.6. The second kappa shape index (κ2) is 6.70. The Morgan fingerprint density at radius 1 is 1.25 bits per heavy atom. The highest BCUT2D eigenvalue weighted by molar-refractivity contribution is 7.15. The Morgan fingerprint density at radius 2 is 1.96 bits per heavy atom. The maximum absolute atomic E-state index is 12.6. The van der Waals surface area contributed by atoms with Crippen LogP contribution in [0.1, 0.15) is 32.8 Å². The lowest BCUT2D eigenvalue weighted by molar-refractivity contribution is -0.131. The summed E-state index contributed by atoms with van der Waals surface area (Å²) in [7, 11) is 0. The number of amides is 2. The number of hydrogen-bond donors (Lipinski definition) is 1. The number of benzene rings is 1. The molecule has 1 aliphatic heterocycles. The van der Waals surface area contributed by atoms with E-state index in [0.717, 1.165) is 11.3 Å². The Morgan fingerprint density at radius 3 is 2.61 bits per heavy atom. The van der Waals surface area contributed by atoms with E-state index >= 15 is 0 Å². The first-order valence-electron chi connectivity index (χ1n) is 9.25. The van der Waals surface area contributed by atoms with Crippen LogP contribution in [0.15, 0.2) is 29.6 Å². The van der Waals surface area contributed by atoms with Crippen molar-refractivity contribution in [2.75, 3.05) is 11.9 Å². The molecule has 146 valence electrons. The van der Waals surface area contributed by atoms with E-state index in [1.807, 2.05) is 45.2 Å². The van der Waals surface area contributed by atoms with Gasteiger partial charge in [-0.05, 0) is 27.7 Å². The molecule has 1 aliphatic rings. The van der Waals surface area contributed by atoms with Crippen LogP contribution in [0.5, 0.6) is 0 Å². The van der Waals surface area contributed by atoms with Gasteiger partial charge < -0.3 is 4.90 Å². The number of hydrogen-bond acceptors (Lipinski definition) is 5. The quantitative estimate of drug-likeness (QED) is 0.735. The Hall–Kier alpha value is -2.74. The average molecular weight is 398 g/mol. The first-order chi connectivity index (χ1) is 13.2. The number of anilines is 1. The van der Waals surface area contributed by atoms with Gasteiger partial charge in [-0.2, -0.15) is 4.98 Å². The van der Waals surface area contributed by atoms with Gasteiger partial charge in [-0.15, -0.1) is 16.4 Å². The monoisotopic (exact) mass is 397 g/mol. The summed E-state index contributed by atoms with van der Waals surface area (Å²) in [6.45, 7) is 8.39. The normalized spacial score (nSPS) is 17.5. The van der Waals surface area contributed by atoms with Crippen LogP contribution < -0.4 is 5.32 Å². The Labute approximate surface area is 167 Å². The lowest BCUT2D eigenvalue weighted by Crippen LogP contribution is -2.42. The number of fused-ring (bicyclic) bond motifs is 1. The number of carbonyl (C=O) groups is 2. The molecule has 0 radical (unpaired) electrons. The van der Waals surface area contributed by atoms with Crippen molar-refractivity contribution in [1.82, 2.24) is 19.5 Å². The van der Waals surface area contributed by atoms with Gasteiger partial charge in [-0.3, -0.25) is 14.9 Å². The summed E-state index contributed by atoms with van der Waals surface area (Å²) >= 11 is 1.47. The predicted molar refractivity (Wildman–Crippen MR) is 109 cm³/mol. The summed E-state index contributed by atoms with van der Waals surface area (Å²) in [5.74, 6) is -0.319. The van der Waals surface area contributed by atoms with E-state index in [2.05, 4.69) is 27.5 Å². The highest BCUT2D eigenvalue weighted by Crippen LogP contribution is 2.28. The lowest BCUT2D eigenvalue weighted by Gasteiger charge is -2.31. The third-order valence-corrected chi connectivity index (χ3v) is 5.79. The molecule has 0 spiro atoms. The predicted octanol–water partition coefficient (Wildman–Crippen LogP) is 3.35. The van der Waals surface area contributed by atoms with Gasteiger partial charge in [0.25, 0.3) is 0 Å². The number of thiazole rings is 1. The van der Waals surface area contributed by atoms with E-state index in [9.17, 15) is 9.59 Å². The minimum Gasteiger partial charge on any atom is -0.337 e. The zero-order chi connectivity index (χ0) is 20.1. The molecular formula is C20H23N5O2S. The van der Waals surface area contributed by atoms with Crippen molar-refractivity contribution in [3.05, 3.63) is 35.2 Å². The summed E-state index contributed by atoms with van der Waals surface area (Å²) in [5, 5.41) is 9.24. The molecule has 0 saturated carbocycles. The summed E-state index contributed by atoms with van der Waals surface area (Å²) in [6.07, 6.45) is 0.222. The van der Waals surface area contributed by atoms with Crippen molar-refractivity contribution in [2.24, 2.45) is 5.92 Å². The zero-order valence-corrected chi connectivity index (χ0v) is 17.2. The third-order valence-electron chi connectivity index (χ3n) is 4.97. The van der Waals surface area contributed by atoms with Crippen LogP contribution in [0.2, 0.25) is 0 Å². The fourth-order valence-electron chi connectivity index (χ4n) is 3.40. The third kappa shape index (κ3) is 3.40. The number of aromatic nitrogens is 3. The number of nitrogens with zero attached hydrogens (tertiary/aromatic N) is 4. The minimum atomic E-state index is -0.384. The van der Waals surface area contributed by atoms with Crippen molar-refractivity contribution in [2.45, 2.75) is 39.7 Å². The largest absolute Gasteiger partial charge is 0.337 e. The number of aryl methyl sites for hydroxylation is 1. The maximum Gasteiger partial charge on any atom is 0.250 e. The van der Waals surface area contributed by atoms with E-state index in [4.69, 9.17) is 0 Å². The van der Waals surface area contributed by atoms with Crippen LogP contribution in [0.3, 0.4) is 0 Å². The van der Waals surface area contributed by atoms with Gasteiger partial charge in [0.2, 0.25) is 22.7 Å². The summed E-state index contributed by atoms with van der Waals surface area (Å²) < 4.78 is 1.74. The molecule has 0 bridgehead atoms. The molecule has 2 amide bonds. The van der Waals surface area contributed by atoms with E-state index in [1.54, 1.807) is 9.42 Å². The molecule has 1 aromatic carbocycles. The van der Waals surface area contributed by atoms with Crippen molar-refractivity contribution in [3.63, 3.8) is 0 Å². The van der Waals surface area contributed by atoms with Gasteiger partial charge in [-0.1, -0.05) is 29.8 Å². The summed E-state index contributed by atoms with van der Waals surface area (Å²) in [5.41, 5.74) is 2.88. The van der Waals surface area contributed by atoms with Crippen molar-refractivity contribution >= 4 is 34.1 Å². The van der Waals surface area contributed by atoms with Gasteiger partial charge in [0, 0.05) is 29.4 Å². The lowest BCUT2D eigenvalue weighted by atomic mass is 10.1. The standard InChI is InChI=1S/C20H23N5O2S/c1-12-5-7-13(8-6-12)15-11-28-19-22-18(23-25(15)19)21-17(27)14-9-16(26)24(10-14)20(2,3)4/h5-8,11,14H,9-10H2,1-4H3,(H,21,23,27). The fraction of sp³-hybridized carbons (Fsp3) is 0.400. The molecule has 3 heterocycles.